The van der Waals surface area contributed by atoms with Gasteiger partial charge in [0, 0.05) is 11.6 Å². The fourth-order valence-corrected chi connectivity index (χ4v) is 3.16. The van der Waals surface area contributed by atoms with Crippen LogP contribution in [-0.4, -0.2) is 28.0 Å². The molecule has 0 fully saturated rings. The number of rotatable bonds is 6. The molecule has 4 aromatic rings. The van der Waals surface area contributed by atoms with Gasteiger partial charge in [-0.3, -0.25) is 0 Å². The molecule has 6 nitrogen and oxygen atoms in total. The first-order valence-electron chi connectivity index (χ1n) is 9.25. The smallest absolute Gasteiger partial charge is 0.337 e. The first-order valence-corrected chi connectivity index (χ1v) is 9.25. The number of hydrogen-bond donors (Lipinski definition) is 2. The number of halogens is 2. The van der Waals surface area contributed by atoms with E-state index in [-0.39, 0.29) is 17.1 Å². The van der Waals surface area contributed by atoms with Crippen molar-refractivity contribution < 1.29 is 23.4 Å². The minimum absolute atomic E-state index is 0.0641. The van der Waals surface area contributed by atoms with E-state index >= 15 is 0 Å². The van der Waals surface area contributed by atoms with Crippen molar-refractivity contribution in [3.63, 3.8) is 0 Å². The zero-order chi connectivity index (χ0) is 22.0. The molecule has 1 aromatic heterocycles. The van der Waals surface area contributed by atoms with Crippen LogP contribution in [0.15, 0.2) is 72.8 Å². The summed E-state index contributed by atoms with van der Waals surface area (Å²) in [6.07, 6.45) is 0. The Bertz CT molecular complexity index is 1250. The summed E-state index contributed by atoms with van der Waals surface area (Å²) in [4.78, 5) is 11.6. The number of nitrogens with zero attached hydrogens (tertiary/aromatic N) is 2. The first-order chi connectivity index (χ1) is 15.0. The topological polar surface area (TPSA) is 76.4 Å². The van der Waals surface area contributed by atoms with Gasteiger partial charge >= 0.3 is 5.97 Å². The highest BCUT2D eigenvalue weighted by Crippen LogP contribution is 2.32. The Morgan fingerprint density at radius 2 is 1.71 bits per heavy atom. The summed E-state index contributed by atoms with van der Waals surface area (Å²) in [5.74, 6) is -1.27. The molecule has 1 heterocycles. The summed E-state index contributed by atoms with van der Waals surface area (Å²) in [5.41, 5.74) is 1.69. The van der Waals surface area contributed by atoms with Crippen LogP contribution in [0.4, 0.5) is 20.3 Å². The minimum atomic E-state index is -1.20. The summed E-state index contributed by atoms with van der Waals surface area (Å²) in [5, 5.41) is 17.0. The molecule has 0 aliphatic rings. The first kappa shape index (κ1) is 20.1. The molecular formula is C23H17F2N3O3. The molecule has 156 valence electrons. The monoisotopic (exact) mass is 421 g/mol. The number of aromatic nitrogens is 2. The summed E-state index contributed by atoms with van der Waals surface area (Å²) in [6, 6.07) is 18.0. The predicted octanol–water partition coefficient (Wildman–Crippen LogP) is 5.27. The molecule has 3 aromatic carbocycles. The van der Waals surface area contributed by atoms with Gasteiger partial charge in [-0.25, -0.2) is 18.3 Å². The minimum Gasteiger partial charge on any atom is -0.494 e. The number of aromatic carboxylic acids is 1. The van der Waals surface area contributed by atoms with E-state index in [4.69, 9.17) is 4.74 Å². The summed E-state index contributed by atoms with van der Waals surface area (Å²) in [6.45, 7) is 0. The number of methoxy groups -OCH3 is 1. The third kappa shape index (κ3) is 4.09. The van der Waals surface area contributed by atoms with Crippen molar-refractivity contribution in [1.29, 1.82) is 0 Å². The number of para-hydroxylation sites is 2. The van der Waals surface area contributed by atoms with E-state index in [0.717, 1.165) is 12.1 Å². The van der Waals surface area contributed by atoms with Crippen LogP contribution < -0.4 is 10.1 Å². The van der Waals surface area contributed by atoms with Crippen molar-refractivity contribution >= 4 is 17.5 Å². The molecular weight excluding hydrogens is 404 g/mol. The van der Waals surface area contributed by atoms with Gasteiger partial charge in [-0.1, -0.05) is 12.1 Å². The molecule has 0 atom stereocenters. The van der Waals surface area contributed by atoms with Crippen LogP contribution in [-0.2, 0) is 0 Å². The largest absolute Gasteiger partial charge is 0.494 e. The summed E-state index contributed by atoms with van der Waals surface area (Å²) < 4.78 is 34.1. The predicted molar refractivity (Wildman–Crippen MR) is 112 cm³/mol. The van der Waals surface area contributed by atoms with Crippen LogP contribution >= 0.6 is 0 Å². The van der Waals surface area contributed by atoms with E-state index in [1.807, 2.05) is 0 Å². The van der Waals surface area contributed by atoms with Crippen LogP contribution in [0.25, 0.3) is 16.9 Å². The Morgan fingerprint density at radius 1 is 1.00 bits per heavy atom. The van der Waals surface area contributed by atoms with Gasteiger partial charge in [0.1, 0.15) is 28.9 Å². The number of ether oxygens (including phenoxy) is 1. The van der Waals surface area contributed by atoms with Crippen molar-refractivity contribution in [3.05, 3.63) is 90.0 Å². The maximum absolute atomic E-state index is 13.9. The molecule has 0 amide bonds. The molecule has 0 aliphatic carbocycles. The van der Waals surface area contributed by atoms with Crippen LogP contribution in [0.1, 0.15) is 10.4 Å². The maximum Gasteiger partial charge on any atom is 0.337 e. The fourth-order valence-electron chi connectivity index (χ4n) is 3.16. The second-order valence-corrected chi connectivity index (χ2v) is 6.63. The van der Waals surface area contributed by atoms with E-state index in [9.17, 15) is 18.7 Å². The fraction of sp³-hybridized carbons (Fsp3) is 0.0435. The van der Waals surface area contributed by atoms with E-state index < -0.39 is 11.8 Å². The number of benzene rings is 3. The lowest BCUT2D eigenvalue weighted by molar-refractivity contribution is 0.0698. The Morgan fingerprint density at radius 3 is 2.42 bits per heavy atom. The van der Waals surface area contributed by atoms with Crippen LogP contribution in [0, 0.1) is 11.6 Å². The Hall–Kier alpha value is -4.20. The normalized spacial score (nSPS) is 10.7. The van der Waals surface area contributed by atoms with E-state index in [2.05, 4.69) is 10.4 Å². The maximum atomic E-state index is 13.9. The van der Waals surface area contributed by atoms with Crippen molar-refractivity contribution in [1.82, 2.24) is 9.78 Å². The summed E-state index contributed by atoms with van der Waals surface area (Å²) in [7, 11) is 1.52. The van der Waals surface area contributed by atoms with Crippen LogP contribution in [0.2, 0.25) is 0 Å². The zero-order valence-electron chi connectivity index (χ0n) is 16.3. The van der Waals surface area contributed by atoms with Crippen molar-refractivity contribution in [3.8, 4) is 22.7 Å². The molecule has 0 spiro atoms. The molecule has 0 radical (unpaired) electrons. The number of carboxylic acids is 1. The van der Waals surface area contributed by atoms with Gasteiger partial charge < -0.3 is 15.2 Å². The van der Waals surface area contributed by atoms with E-state index in [1.54, 1.807) is 42.5 Å². The second-order valence-electron chi connectivity index (χ2n) is 6.63. The van der Waals surface area contributed by atoms with Gasteiger partial charge in [0.2, 0.25) is 0 Å². The van der Waals surface area contributed by atoms with Gasteiger partial charge in [0.05, 0.1) is 24.1 Å². The third-order valence-corrected chi connectivity index (χ3v) is 4.64. The molecule has 0 saturated heterocycles. The highest BCUT2D eigenvalue weighted by Gasteiger charge is 2.18. The highest BCUT2D eigenvalue weighted by molar-refractivity contribution is 5.95. The molecule has 0 saturated carbocycles. The molecule has 4 rings (SSSR count). The average molecular weight is 421 g/mol. The van der Waals surface area contributed by atoms with Gasteiger partial charge in [-0.2, -0.15) is 5.10 Å². The third-order valence-electron chi connectivity index (χ3n) is 4.64. The van der Waals surface area contributed by atoms with Crippen molar-refractivity contribution in [2.24, 2.45) is 0 Å². The quantitative estimate of drug-likeness (QED) is 0.444. The van der Waals surface area contributed by atoms with Gasteiger partial charge in [-0.05, 0) is 54.6 Å². The Kier molecular flexibility index (Phi) is 5.36. The molecule has 0 bridgehead atoms. The lowest BCUT2D eigenvalue weighted by atomic mass is 10.1. The molecule has 0 aliphatic heterocycles. The van der Waals surface area contributed by atoms with Crippen molar-refractivity contribution in [2.45, 2.75) is 0 Å². The van der Waals surface area contributed by atoms with Gasteiger partial charge in [0.25, 0.3) is 0 Å². The average Bonchev–Trinajstić information content (AvgIpc) is 3.17. The zero-order valence-corrected chi connectivity index (χ0v) is 16.3. The number of carbonyl (C=O) groups is 1. The van der Waals surface area contributed by atoms with Crippen molar-refractivity contribution in [2.75, 3.05) is 12.4 Å². The lowest BCUT2D eigenvalue weighted by Crippen LogP contribution is -2.08. The molecule has 8 heteroatoms. The lowest BCUT2D eigenvalue weighted by Gasteiger charge is -2.14. The Balaban J connectivity index is 1.87. The molecule has 0 unspecified atom stereocenters. The number of carboxylic acid groups (broad SMARTS) is 1. The highest BCUT2D eigenvalue weighted by atomic mass is 19.1. The van der Waals surface area contributed by atoms with Crippen LogP contribution in [0.5, 0.6) is 5.75 Å². The Labute approximate surface area is 176 Å². The van der Waals surface area contributed by atoms with Gasteiger partial charge in [-0.15, -0.1) is 0 Å². The number of anilines is 2. The number of nitrogens with one attached hydrogen (secondary N) is 1. The SMILES string of the molecule is COc1ccccc1-n1nc(-c2ccc(F)cc2)cc1Nc1cc(F)ccc1C(=O)O. The second kappa shape index (κ2) is 8.27. The van der Waals surface area contributed by atoms with E-state index in [0.29, 0.717) is 28.5 Å². The van der Waals surface area contributed by atoms with Crippen LogP contribution in [0.3, 0.4) is 0 Å². The van der Waals surface area contributed by atoms with Gasteiger partial charge in [0.15, 0.2) is 0 Å². The molecule has 31 heavy (non-hydrogen) atoms. The summed E-state index contributed by atoms with van der Waals surface area (Å²) >= 11 is 0. The molecule has 2 N–H and O–H groups in total. The number of hydrogen-bond acceptors (Lipinski definition) is 4. The standard InChI is InChI=1S/C23H17F2N3O3/c1-31-21-5-3-2-4-20(21)28-22(13-18(27-28)14-6-8-15(24)9-7-14)26-19-12-16(25)10-11-17(19)23(29)30/h2-13,26H,1H3,(H,29,30). The van der Waals surface area contributed by atoms with E-state index in [1.165, 1.54) is 30.0 Å².